The lowest BCUT2D eigenvalue weighted by Crippen LogP contribution is -2.48. The van der Waals surface area contributed by atoms with Crippen LogP contribution in [0.15, 0.2) is 30.3 Å². The summed E-state index contributed by atoms with van der Waals surface area (Å²) in [7, 11) is 0. The maximum Gasteiger partial charge on any atom is 0.230 e. The Morgan fingerprint density at radius 3 is 2.58 bits per heavy atom. The normalized spacial score (nSPS) is 20.8. The number of rotatable bonds is 7. The van der Waals surface area contributed by atoms with Crippen LogP contribution in [0.1, 0.15) is 50.5 Å². The van der Waals surface area contributed by atoms with Gasteiger partial charge in [0.05, 0.1) is 11.5 Å². The van der Waals surface area contributed by atoms with Crippen LogP contribution < -0.4 is 5.32 Å². The Morgan fingerprint density at radius 1 is 1.17 bits per heavy atom. The first-order valence-corrected chi connectivity index (χ1v) is 9.34. The molecular formula is C20H29NO3. The minimum absolute atomic E-state index is 0.137. The molecule has 1 aliphatic carbocycles. The first kappa shape index (κ1) is 17.4. The maximum atomic E-state index is 12.9. The van der Waals surface area contributed by atoms with Gasteiger partial charge in [0.25, 0.3) is 0 Å². The molecule has 0 unspecified atom stereocenters. The largest absolute Gasteiger partial charge is 0.381 e. The molecule has 132 valence electrons. The zero-order valence-electron chi connectivity index (χ0n) is 14.5. The predicted molar refractivity (Wildman–Crippen MR) is 94.0 cm³/mol. The van der Waals surface area contributed by atoms with Gasteiger partial charge in [-0.15, -0.1) is 0 Å². The van der Waals surface area contributed by atoms with Gasteiger partial charge in [-0.05, 0) is 37.7 Å². The molecule has 1 saturated heterocycles. The molecule has 2 fully saturated rings. The summed E-state index contributed by atoms with van der Waals surface area (Å²) in [4.78, 5) is 12.9. The fourth-order valence-corrected chi connectivity index (χ4v) is 3.87. The molecule has 4 nitrogen and oxygen atoms in total. The molecule has 4 heteroatoms. The van der Waals surface area contributed by atoms with Crippen LogP contribution >= 0.6 is 0 Å². The average molecular weight is 331 g/mol. The maximum absolute atomic E-state index is 12.9. The van der Waals surface area contributed by atoms with Crippen LogP contribution in [0.4, 0.5) is 0 Å². The molecule has 1 aromatic rings. The van der Waals surface area contributed by atoms with Crippen molar-refractivity contribution < 1.29 is 14.3 Å². The van der Waals surface area contributed by atoms with Gasteiger partial charge in [-0.25, -0.2) is 0 Å². The Hall–Kier alpha value is -1.39. The van der Waals surface area contributed by atoms with E-state index in [1.165, 1.54) is 25.7 Å². The van der Waals surface area contributed by atoms with Gasteiger partial charge in [0.15, 0.2) is 0 Å². The lowest BCUT2D eigenvalue weighted by Gasteiger charge is -2.36. The fraction of sp³-hybridized carbons (Fsp3) is 0.650. The van der Waals surface area contributed by atoms with E-state index in [9.17, 15) is 4.79 Å². The molecule has 24 heavy (non-hydrogen) atoms. The minimum Gasteiger partial charge on any atom is -0.381 e. The summed E-state index contributed by atoms with van der Waals surface area (Å²) in [5.41, 5.74) is 0.666. The van der Waals surface area contributed by atoms with Crippen LogP contribution in [0.5, 0.6) is 0 Å². The van der Waals surface area contributed by atoms with E-state index in [4.69, 9.17) is 9.47 Å². The van der Waals surface area contributed by atoms with E-state index in [1.807, 2.05) is 18.2 Å². The first-order valence-electron chi connectivity index (χ1n) is 9.34. The third kappa shape index (κ3) is 4.17. The monoisotopic (exact) mass is 331 g/mol. The van der Waals surface area contributed by atoms with Crippen LogP contribution in [0.2, 0.25) is 0 Å². The van der Waals surface area contributed by atoms with E-state index in [2.05, 4.69) is 17.4 Å². The molecule has 3 rings (SSSR count). The number of hydrogen-bond acceptors (Lipinski definition) is 3. The zero-order chi connectivity index (χ0) is 16.7. The Balaban J connectivity index is 1.50. The summed E-state index contributed by atoms with van der Waals surface area (Å²) in [5, 5.41) is 3.14. The van der Waals surface area contributed by atoms with Crippen molar-refractivity contribution in [3.8, 4) is 0 Å². The number of carbonyl (C=O) groups excluding carboxylic acids is 1. The highest BCUT2D eigenvalue weighted by Crippen LogP contribution is 2.35. The Bertz CT molecular complexity index is 505. The summed E-state index contributed by atoms with van der Waals surface area (Å²) < 4.78 is 11.4. The zero-order valence-corrected chi connectivity index (χ0v) is 14.5. The lowest BCUT2D eigenvalue weighted by molar-refractivity contribution is -0.130. The molecule has 1 aliphatic heterocycles. The highest BCUT2D eigenvalue weighted by atomic mass is 16.5. The number of nitrogens with one attached hydrogen (secondary N) is 1. The van der Waals surface area contributed by atoms with Crippen LogP contribution in [-0.4, -0.2) is 38.4 Å². The lowest BCUT2D eigenvalue weighted by atomic mass is 9.73. The van der Waals surface area contributed by atoms with Gasteiger partial charge < -0.3 is 14.8 Å². The van der Waals surface area contributed by atoms with Gasteiger partial charge in [-0.3, -0.25) is 4.79 Å². The predicted octanol–water partition coefficient (Wildman–Crippen LogP) is 3.20. The summed E-state index contributed by atoms with van der Waals surface area (Å²) in [6.45, 7) is 2.72. The van der Waals surface area contributed by atoms with Crippen molar-refractivity contribution in [1.29, 1.82) is 0 Å². The number of carbonyl (C=O) groups is 1. The van der Waals surface area contributed by atoms with Gasteiger partial charge in [0, 0.05) is 26.4 Å². The van der Waals surface area contributed by atoms with Crippen molar-refractivity contribution in [3.63, 3.8) is 0 Å². The van der Waals surface area contributed by atoms with Crippen molar-refractivity contribution in [2.45, 2.75) is 56.5 Å². The second-order valence-corrected chi connectivity index (χ2v) is 6.95. The molecule has 0 radical (unpaired) electrons. The van der Waals surface area contributed by atoms with Crippen molar-refractivity contribution in [2.75, 3.05) is 26.4 Å². The Kier molecular flexibility index (Phi) is 6.27. The summed E-state index contributed by atoms with van der Waals surface area (Å²) in [6, 6.07) is 10.1. The van der Waals surface area contributed by atoms with E-state index < -0.39 is 5.41 Å². The van der Waals surface area contributed by atoms with Gasteiger partial charge >= 0.3 is 0 Å². The SMILES string of the molecule is O=C(NCCCOC1CCCC1)C1(c2ccccc2)CCOCC1. The van der Waals surface area contributed by atoms with Crippen LogP contribution in [-0.2, 0) is 19.7 Å². The van der Waals surface area contributed by atoms with Gasteiger partial charge in [0.1, 0.15) is 0 Å². The molecule has 1 aromatic carbocycles. The number of benzene rings is 1. The molecule has 2 aliphatic rings. The van der Waals surface area contributed by atoms with E-state index >= 15 is 0 Å². The van der Waals surface area contributed by atoms with Crippen LogP contribution in [0.25, 0.3) is 0 Å². The van der Waals surface area contributed by atoms with Crippen LogP contribution in [0.3, 0.4) is 0 Å². The van der Waals surface area contributed by atoms with Gasteiger partial charge in [-0.2, -0.15) is 0 Å². The van der Waals surface area contributed by atoms with Gasteiger partial charge in [-0.1, -0.05) is 43.2 Å². The molecule has 1 heterocycles. The first-order chi connectivity index (χ1) is 11.8. The van der Waals surface area contributed by atoms with E-state index in [0.717, 1.165) is 31.4 Å². The van der Waals surface area contributed by atoms with E-state index in [1.54, 1.807) is 0 Å². The molecule has 1 N–H and O–H groups in total. The van der Waals surface area contributed by atoms with Crippen molar-refractivity contribution in [3.05, 3.63) is 35.9 Å². The molecule has 1 amide bonds. The number of hydrogen-bond donors (Lipinski definition) is 1. The summed E-state index contributed by atoms with van der Waals surface area (Å²) in [6.07, 6.45) is 7.82. The summed E-state index contributed by atoms with van der Waals surface area (Å²) in [5.74, 6) is 0.137. The Morgan fingerprint density at radius 2 is 1.88 bits per heavy atom. The average Bonchev–Trinajstić information content (AvgIpc) is 3.16. The smallest absolute Gasteiger partial charge is 0.230 e. The van der Waals surface area contributed by atoms with Crippen molar-refractivity contribution in [1.82, 2.24) is 5.32 Å². The second-order valence-electron chi connectivity index (χ2n) is 6.95. The third-order valence-electron chi connectivity index (χ3n) is 5.37. The van der Waals surface area contributed by atoms with Crippen molar-refractivity contribution in [2.24, 2.45) is 0 Å². The highest BCUT2D eigenvalue weighted by molar-refractivity contribution is 5.88. The molecule has 0 aromatic heterocycles. The summed E-state index contributed by atoms with van der Waals surface area (Å²) >= 11 is 0. The fourth-order valence-electron chi connectivity index (χ4n) is 3.87. The minimum atomic E-state index is -0.439. The molecule has 0 bridgehead atoms. The quantitative estimate of drug-likeness (QED) is 0.781. The van der Waals surface area contributed by atoms with E-state index in [-0.39, 0.29) is 5.91 Å². The molecular weight excluding hydrogens is 302 g/mol. The van der Waals surface area contributed by atoms with E-state index in [0.29, 0.717) is 25.9 Å². The Labute approximate surface area is 144 Å². The highest BCUT2D eigenvalue weighted by Gasteiger charge is 2.41. The second kappa shape index (κ2) is 8.63. The molecule has 0 spiro atoms. The topological polar surface area (TPSA) is 47.6 Å². The molecule has 1 saturated carbocycles. The number of ether oxygens (including phenoxy) is 2. The third-order valence-corrected chi connectivity index (χ3v) is 5.37. The van der Waals surface area contributed by atoms with Crippen LogP contribution in [0, 0.1) is 0 Å². The number of amides is 1. The van der Waals surface area contributed by atoms with Gasteiger partial charge in [0.2, 0.25) is 5.91 Å². The molecule has 0 atom stereocenters. The van der Waals surface area contributed by atoms with Crippen molar-refractivity contribution >= 4 is 5.91 Å². The standard InChI is InChI=1S/C20H29NO3/c22-19(21-13-6-14-24-18-9-4-5-10-18)20(11-15-23-16-12-20)17-7-2-1-3-8-17/h1-3,7-8,18H,4-6,9-16H2,(H,21,22).